The Balaban J connectivity index is 0. The van der Waals surface area contributed by atoms with Crippen LogP contribution in [0.15, 0.2) is 0 Å². The van der Waals surface area contributed by atoms with Gasteiger partial charge < -0.3 is 5.32 Å². The highest BCUT2D eigenvalue weighted by Gasteiger charge is 2.04. The Bertz CT molecular complexity index is 118. The molecule has 0 heterocycles. The molecule has 0 amide bonds. The molecule has 0 aromatic carbocycles. The van der Waals surface area contributed by atoms with Crippen LogP contribution in [0.4, 0.5) is 0 Å². The van der Waals surface area contributed by atoms with Gasteiger partial charge in [0.05, 0.1) is 0 Å². The van der Waals surface area contributed by atoms with Crippen molar-refractivity contribution in [1.29, 1.82) is 0 Å². The smallest absolute Gasteiger partial charge is 0.00669 e. The van der Waals surface area contributed by atoms with Gasteiger partial charge in [-0.2, -0.15) is 0 Å². The van der Waals surface area contributed by atoms with E-state index in [1.165, 1.54) is 51.5 Å². The summed E-state index contributed by atoms with van der Waals surface area (Å²) in [5.41, 5.74) is 0. The lowest BCUT2D eigenvalue weighted by Gasteiger charge is -2.17. The van der Waals surface area contributed by atoms with E-state index in [0.29, 0.717) is 0 Å². The van der Waals surface area contributed by atoms with Crippen LogP contribution in [0.25, 0.3) is 0 Å². The molecule has 0 saturated heterocycles. The molecule has 0 rings (SSSR count). The lowest BCUT2D eigenvalue weighted by Crippen LogP contribution is -2.29. The van der Waals surface area contributed by atoms with Gasteiger partial charge in [-0.3, -0.25) is 0 Å². The third-order valence-electron chi connectivity index (χ3n) is 2.48. The predicted molar refractivity (Wildman–Crippen MR) is 81.6 cm³/mol. The second kappa shape index (κ2) is 16.0. The van der Waals surface area contributed by atoms with Crippen molar-refractivity contribution in [2.24, 2.45) is 5.92 Å². The van der Waals surface area contributed by atoms with Crippen LogP contribution in [-0.2, 0) is 0 Å². The summed E-state index contributed by atoms with van der Waals surface area (Å²) in [4.78, 5) is 0. The molecular formula is C16H37N. The lowest BCUT2D eigenvalue weighted by molar-refractivity contribution is 0.431. The number of rotatable bonds is 9. The van der Waals surface area contributed by atoms with Crippen LogP contribution in [0.2, 0.25) is 0 Å². The van der Waals surface area contributed by atoms with E-state index in [0.717, 1.165) is 12.0 Å². The molecule has 0 aliphatic rings. The van der Waals surface area contributed by atoms with Gasteiger partial charge in [0.1, 0.15) is 0 Å². The summed E-state index contributed by atoms with van der Waals surface area (Å²) in [6.45, 7) is 14.5. The normalized spacial score (nSPS) is 12.2. The van der Waals surface area contributed by atoms with Crippen LogP contribution in [0.3, 0.4) is 0 Å². The summed E-state index contributed by atoms with van der Waals surface area (Å²) >= 11 is 0. The Morgan fingerprint density at radius 1 is 0.765 bits per heavy atom. The van der Waals surface area contributed by atoms with Gasteiger partial charge in [0.25, 0.3) is 0 Å². The zero-order valence-electron chi connectivity index (χ0n) is 13.3. The molecule has 1 N–H and O–H groups in total. The van der Waals surface area contributed by atoms with Crippen molar-refractivity contribution < 1.29 is 0 Å². The predicted octanol–water partition coefficient (Wildman–Crippen LogP) is 5.40. The zero-order chi connectivity index (χ0) is 13.5. The fourth-order valence-corrected chi connectivity index (χ4v) is 1.69. The van der Waals surface area contributed by atoms with Crippen molar-refractivity contribution >= 4 is 0 Å². The van der Waals surface area contributed by atoms with E-state index >= 15 is 0 Å². The number of unbranched alkanes of at least 4 members (excludes halogenated alkanes) is 2. The van der Waals surface area contributed by atoms with Crippen LogP contribution < -0.4 is 5.32 Å². The van der Waals surface area contributed by atoms with E-state index in [-0.39, 0.29) is 0 Å². The molecule has 1 atom stereocenters. The first-order chi connectivity index (χ1) is 8.08. The van der Waals surface area contributed by atoms with Gasteiger partial charge in [-0.1, -0.05) is 67.2 Å². The summed E-state index contributed by atoms with van der Waals surface area (Å²) in [7, 11) is 0. The standard InChI is InChI=1S/C12H27N.C4H10/c1-4-7-8-10-12(9-5-2)13-11-6-3;1-4(2)3/h12-13H,4-11H2,1-3H3;4H,1-3H3. The summed E-state index contributed by atoms with van der Waals surface area (Å²) in [5.74, 6) is 0.833. The molecule has 106 valence electrons. The van der Waals surface area contributed by atoms with Crippen molar-refractivity contribution in [3.63, 3.8) is 0 Å². The van der Waals surface area contributed by atoms with Crippen molar-refractivity contribution in [2.75, 3.05) is 6.54 Å². The van der Waals surface area contributed by atoms with Crippen molar-refractivity contribution in [1.82, 2.24) is 5.32 Å². The Labute approximate surface area is 111 Å². The summed E-state index contributed by atoms with van der Waals surface area (Å²) < 4.78 is 0. The van der Waals surface area contributed by atoms with Gasteiger partial charge in [0, 0.05) is 6.04 Å². The minimum absolute atomic E-state index is 0.788. The summed E-state index contributed by atoms with van der Waals surface area (Å²) in [6, 6.07) is 0.788. The van der Waals surface area contributed by atoms with Crippen molar-refractivity contribution in [3.8, 4) is 0 Å². The monoisotopic (exact) mass is 243 g/mol. The minimum Gasteiger partial charge on any atom is -0.314 e. The van der Waals surface area contributed by atoms with Crippen LogP contribution in [-0.4, -0.2) is 12.6 Å². The van der Waals surface area contributed by atoms with Gasteiger partial charge in [-0.05, 0) is 31.7 Å². The molecule has 1 nitrogen and oxygen atoms in total. The molecule has 17 heavy (non-hydrogen) atoms. The highest BCUT2D eigenvalue weighted by molar-refractivity contribution is 4.65. The minimum atomic E-state index is 0.788. The van der Waals surface area contributed by atoms with Gasteiger partial charge >= 0.3 is 0 Å². The van der Waals surface area contributed by atoms with Crippen LogP contribution in [0.1, 0.15) is 86.5 Å². The molecule has 0 bridgehead atoms. The second-order valence-electron chi connectivity index (χ2n) is 5.67. The van der Waals surface area contributed by atoms with Gasteiger partial charge in [0.15, 0.2) is 0 Å². The van der Waals surface area contributed by atoms with Gasteiger partial charge in [-0.15, -0.1) is 0 Å². The number of hydrogen-bond donors (Lipinski definition) is 1. The van der Waals surface area contributed by atoms with E-state index < -0.39 is 0 Å². The number of hydrogen-bond acceptors (Lipinski definition) is 1. The Hall–Kier alpha value is -0.0400. The largest absolute Gasteiger partial charge is 0.314 e. The van der Waals surface area contributed by atoms with E-state index in [9.17, 15) is 0 Å². The molecular weight excluding hydrogens is 206 g/mol. The van der Waals surface area contributed by atoms with Crippen LogP contribution in [0, 0.1) is 5.92 Å². The SMILES string of the molecule is CC(C)C.CCCCCC(CCC)NCCC. The van der Waals surface area contributed by atoms with Gasteiger partial charge in [0.2, 0.25) is 0 Å². The topological polar surface area (TPSA) is 12.0 Å². The van der Waals surface area contributed by atoms with Crippen LogP contribution >= 0.6 is 0 Å². The second-order valence-corrected chi connectivity index (χ2v) is 5.67. The highest BCUT2D eigenvalue weighted by atomic mass is 14.9. The maximum atomic E-state index is 3.63. The number of nitrogens with one attached hydrogen (secondary N) is 1. The van der Waals surface area contributed by atoms with Crippen LogP contribution in [0.5, 0.6) is 0 Å². The molecule has 1 unspecified atom stereocenters. The molecule has 0 aliphatic carbocycles. The Morgan fingerprint density at radius 2 is 1.35 bits per heavy atom. The fraction of sp³-hybridized carbons (Fsp3) is 1.00. The average Bonchev–Trinajstić information content (AvgIpc) is 2.25. The molecule has 0 radical (unpaired) electrons. The highest BCUT2D eigenvalue weighted by Crippen LogP contribution is 2.08. The quantitative estimate of drug-likeness (QED) is 0.535. The fourth-order valence-electron chi connectivity index (χ4n) is 1.69. The van der Waals surface area contributed by atoms with E-state index in [2.05, 4.69) is 46.9 Å². The van der Waals surface area contributed by atoms with Crippen molar-refractivity contribution in [3.05, 3.63) is 0 Å². The molecule has 0 fully saturated rings. The molecule has 0 aromatic rings. The van der Waals surface area contributed by atoms with Gasteiger partial charge in [-0.25, -0.2) is 0 Å². The molecule has 1 heteroatoms. The van der Waals surface area contributed by atoms with E-state index in [1.807, 2.05) is 0 Å². The molecule has 0 saturated carbocycles. The van der Waals surface area contributed by atoms with E-state index in [4.69, 9.17) is 0 Å². The lowest BCUT2D eigenvalue weighted by atomic mass is 10.0. The first-order valence-electron chi connectivity index (χ1n) is 7.81. The van der Waals surface area contributed by atoms with Crippen molar-refractivity contribution in [2.45, 2.75) is 92.5 Å². The molecule has 0 spiro atoms. The summed E-state index contributed by atoms with van der Waals surface area (Å²) in [6.07, 6.45) is 9.44. The Kier molecular flexibility index (Phi) is 18.1. The first-order valence-corrected chi connectivity index (χ1v) is 7.81. The zero-order valence-corrected chi connectivity index (χ0v) is 13.3. The molecule has 0 aliphatic heterocycles. The maximum Gasteiger partial charge on any atom is 0.00669 e. The third kappa shape index (κ3) is 21.7. The maximum absolute atomic E-state index is 3.63. The third-order valence-corrected chi connectivity index (χ3v) is 2.48. The van der Waals surface area contributed by atoms with E-state index in [1.54, 1.807) is 0 Å². The Morgan fingerprint density at radius 3 is 1.76 bits per heavy atom. The average molecular weight is 243 g/mol. The summed E-state index contributed by atoms with van der Waals surface area (Å²) in [5, 5.41) is 3.63. The first kappa shape index (κ1) is 19.3. The molecule has 0 aromatic heterocycles.